The van der Waals surface area contributed by atoms with Crippen molar-refractivity contribution in [1.29, 1.82) is 0 Å². The smallest absolute Gasteiger partial charge is 0.348 e. The second-order valence-electron chi connectivity index (χ2n) is 1.57. The maximum Gasteiger partial charge on any atom is 0.356 e. The van der Waals surface area contributed by atoms with Crippen molar-refractivity contribution in [2.75, 3.05) is 0 Å². The van der Waals surface area contributed by atoms with Crippen molar-refractivity contribution in [2.24, 2.45) is 0 Å². The van der Waals surface area contributed by atoms with Gasteiger partial charge in [0.1, 0.15) is 0 Å². The number of hydrogen-bond acceptors (Lipinski definition) is 4. The summed E-state index contributed by atoms with van der Waals surface area (Å²) in [6.07, 6.45) is -0.00840. The van der Waals surface area contributed by atoms with Gasteiger partial charge in [-0.1, -0.05) is 0 Å². The van der Waals surface area contributed by atoms with E-state index < -0.39 is 21.5 Å². The molecule has 1 amide bonds. The molecule has 0 aliphatic rings. The molecular formula is C2H7NO6P2. The van der Waals surface area contributed by atoms with Crippen LogP contribution in [0.15, 0.2) is 0 Å². The maximum atomic E-state index is 10.3. The lowest BCUT2D eigenvalue weighted by molar-refractivity contribution is -0.109. The second kappa shape index (κ2) is 4.11. The summed E-state index contributed by atoms with van der Waals surface area (Å²) >= 11 is 0. The quantitative estimate of drug-likeness (QED) is 0.279. The first-order chi connectivity index (χ1) is 4.89. The first-order valence-corrected chi connectivity index (χ1v) is 5.31. The van der Waals surface area contributed by atoms with Gasteiger partial charge in [-0.15, -0.1) is 0 Å². The molecular weight excluding hydrogens is 196 g/mol. The number of amides is 1. The lowest BCUT2D eigenvalue weighted by Gasteiger charge is -2.17. The zero-order chi connectivity index (χ0) is 9.07. The first-order valence-electron chi connectivity index (χ1n) is 2.31. The van der Waals surface area contributed by atoms with Crippen LogP contribution >= 0.6 is 16.0 Å². The summed E-state index contributed by atoms with van der Waals surface area (Å²) in [7, 11) is -7.53. The zero-order valence-corrected chi connectivity index (χ0v) is 6.94. The Morgan fingerprint density at radius 1 is 1.45 bits per heavy atom. The SMILES string of the molecule is O=CNC(P(O)O)P(=O)(O)O. The van der Waals surface area contributed by atoms with Crippen LogP contribution in [0.1, 0.15) is 0 Å². The summed E-state index contributed by atoms with van der Waals surface area (Å²) in [5, 5.41) is 1.61. The van der Waals surface area contributed by atoms with Crippen molar-refractivity contribution >= 4 is 22.4 Å². The molecule has 11 heavy (non-hydrogen) atoms. The molecule has 0 rings (SSSR count). The standard InChI is InChI=1S/C2H7NO6P2/c4-1-3-2(10(5)6)11(7,8)9/h1-2,5-6H,(H,3,4)(H2,7,8,9). The molecule has 0 saturated heterocycles. The predicted octanol–water partition coefficient (Wildman–Crippen LogP) is -1.51. The van der Waals surface area contributed by atoms with E-state index in [1.165, 1.54) is 0 Å². The summed E-state index contributed by atoms with van der Waals surface area (Å²) in [6.45, 7) is 0. The van der Waals surface area contributed by atoms with Gasteiger partial charge in [0, 0.05) is 0 Å². The number of carbonyl (C=O) groups is 1. The monoisotopic (exact) mass is 203 g/mol. The lowest BCUT2D eigenvalue weighted by Crippen LogP contribution is -2.25. The Balaban J connectivity index is 4.34. The van der Waals surface area contributed by atoms with Crippen molar-refractivity contribution in [3.8, 4) is 0 Å². The molecule has 0 aromatic carbocycles. The van der Waals surface area contributed by atoms with Gasteiger partial charge in [0.25, 0.3) is 0 Å². The summed E-state index contributed by atoms with van der Waals surface area (Å²) in [4.78, 5) is 43.2. The Morgan fingerprint density at radius 3 is 2.00 bits per heavy atom. The van der Waals surface area contributed by atoms with Gasteiger partial charge in [-0.05, 0) is 0 Å². The van der Waals surface area contributed by atoms with Gasteiger partial charge >= 0.3 is 7.60 Å². The molecule has 0 spiro atoms. The molecule has 0 aliphatic carbocycles. The van der Waals surface area contributed by atoms with Crippen molar-refractivity contribution in [3.05, 3.63) is 0 Å². The normalized spacial score (nSPS) is 14.6. The summed E-state index contributed by atoms with van der Waals surface area (Å²) in [5.41, 5.74) is -1.89. The molecule has 0 aromatic rings. The van der Waals surface area contributed by atoms with Gasteiger partial charge in [0.15, 0.2) is 0 Å². The second-order valence-corrected chi connectivity index (χ2v) is 4.83. The highest BCUT2D eigenvalue weighted by molar-refractivity contribution is 7.67. The number of hydrogen-bond donors (Lipinski definition) is 5. The third-order valence-corrected chi connectivity index (χ3v) is 3.65. The van der Waals surface area contributed by atoms with Gasteiger partial charge in [-0.3, -0.25) is 9.36 Å². The third-order valence-electron chi connectivity index (χ3n) is 0.754. The highest BCUT2D eigenvalue weighted by Gasteiger charge is 2.34. The molecule has 5 N–H and O–H groups in total. The fraction of sp³-hybridized carbons (Fsp3) is 0.500. The summed E-state index contributed by atoms with van der Waals surface area (Å²) < 4.78 is 10.3. The van der Waals surface area contributed by atoms with E-state index in [-0.39, 0.29) is 6.41 Å². The molecule has 66 valence electrons. The molecule has 9 heteroatoms. The van der Waals surface area contributed by atoms with Crippen molar-refractivity contribution in [1.82, 2.24) is 5.32 Å². The number of nitrogens with one attached hydrogen (secondary N) is 1. The fourth-order valence-corrected chi connectivity index (χ4v) is 1.88. The largest absolute Gasteiger partial charge is 0.356 e. The minimum atomic E-state index is -4.66. The van der Waals surface area contributed by atoms with Crippen LogP contribution in [0.4, 0.5) is 0 Å². The molecule has 0 fully saturated rings. The average Bonchev–Trinajstić information content (AvgIpc) is 1.79. The molecule has 1 unspecified atom stereocenters. The Labute approximate surface area is 63.1 Å². The van der Waals surface area contributed by atoms with E-state index in [4.69, 9.17) is 19.6 Å². The average molecular weight is 203 g/mol. The van der Waals surface area contributed by atoms with Gasteiger partial charge < -0.3 is 24.9 Å². The molecule has 0 aromatic heterocycles. The molecule has 0 saturated carbocycles. The Kier molecular flexibility index (Phi) is 4.10. The van der Waals surface area contributed by atoms with E-state index in [1.807, 2.05) is 0 Å². The molecule has 0 bridgehead atoms. The summed E-state index contributed by atoms with van der Waals surface area (Å²) in [6, 6.07) is 0. The predicted molar refractivity (Wildman–Crippen MR) is 36.4 cm³/mol. The number of rotatable bonds is 4. The Morgan fingerprint density at radius 2 is 1.91 bits per heavy atom. The van der Waals surface area contributed by atoms with Crippen LogP contribution in [0, 0.1) is 0 Å². The van der Waals surface area contributed by atoms with E-state index >= 15 is 0 Å². The summed E-state index contributed by atoms with van der Waals surface area (Å²) in [5.74, 6) is 0. The van der Waals surface area contributed by atoms with Crippen LogP contribution < -0.4 is 5.32 Å². The van der Waals surface area contributed by atoms with E-state index in [9.17, 15) is 9.36 Å². The lowest BCUT2D eigenvalue weighted by atomic mass is 11.2. The number of carbonyl (C=O) groups excluding carboxylic acids is 1. The van der Waals surface area contributed by atoms with Gasteiger partial charge in [-0.25, -0.2) is 0 Å². The molecule has 7 nitrogen and oxygen atoms in total. The van der Waals surface area contributed by atoms with Crippen molar-refractivity contribution in [3.63, 3.8) is 0 Å². The Hall–Kier alpha value is -0.0300. The molecule has 0 aliphatic heterocycles. The third kappa shape index (κ3) is 3.76. The van der Waals surface area contributed by atoms with Gasteiger partial charge in [0.05, 0.1) is 0 Å². The first kappa shape index (κ1) is 11.0. The Bertz CT molecular complexity index is 175. The van der Waals surface area contributed by atoms with E-state index in [0.29, 0.717) is 0 Å². The van der Waals surface area contributed by atoms with Crippen LogP contribution in [0.5, 0.6) is 0 Å². The van der Waals surface area contributed by atoms with Crippen LogP contribution in [-0.2, 0) is 9.36 Å². The van der Waals surface area contributed by atoms with E-state index in [0.717, 1.165) is 0 Å². The maximum absolute atomic E-state index is 10.3. The molecule has 1 atom stereocenters. The van der Waals surface area contributed by atoms with E-state index in [1.54, 1.807) is 5.32 Å². The van der Waals surface area contributed by atoms with Crippen LogP contribution in [0.25, 0.3) is 0 Å². The van der Waals surface area contributed by atoms with Gasteiger partial charge in [0.2, 0.25) is 20.3 Å². The van der Waals surface area contributed by atoms with Crippen LogP contribution in [0.3, 0.4) is 0 Å². The topological polar surface area (TPSA) is 127 Å². The highest BCUT2D eigenvalue weighted by Crippen LogP contribution is 2.52. The van der Waals surface area contributed by atoms with Crippen LogP contribution in [-0.4, -0.2) is 31.5 Å². The highest BCUT2D eigenvalue weighted by atomic mass is 31.2. The van der Waals surface area contributed by atoms with Crippen molar-refractivity contribution in [2.45, 2.75) is 5.52 Å². The molecule has 0 radical (unpaired) electrons. The zero-order valence-electron chi connectivity index (χ0n) is 5.15. The van der Waals surface area contributed by atoms with E-state index in [2.05, 4.69) is 0 Å². The minimum absolute atomic E-state index is 0.00840. The van der Waals surface area contributed by atoms with Crippen LogP contribution in [0.2, 0.25) is 0 Å². The van der Waals surface area contributed by atoms with Crippen molar-refractivity contribution < 1.29 is 28.9 Å². The fourth-order valence-electron chi connectivity index (χ4n) is 0.359. The van der Waals surface area contributed by atoms with Gasteiger partial charge in [-0.2, -0.15) is 0 Å². The molecule has 0 heterocycles. The minimum Gasteiger partial charge on any atom is -0.348 e.